The highest BCUT2D eigenvalue weighted by Gasteiger charge is 2.15. The van der Waals surface area contributed by atoms with E-state index in [0.29, 0.717) is 9.47 Å². The molecule has 0 unspecified atom stereocenters. The Kier molecular flexibility index (Phi) is 5.51. The van der Waals surface area contributed by atoms with Gasteiger partial charge in [-0.05, 0) is 31.0 Å². The predicted molar refractivity (Wildman–Crippen MR) is 85.2 cm³/mol. The number of amides is 1. The lowest BCUT2D eigenvalue weighted by atomic mass is 10.1. The molecule has 2 aromatic rings. The molecule has 1 atom stereocenters. The summed E-state index contributed by atoms with van der Waals surface area (Å²) >= 11 is 2.61. The summed E-state index contributed by atoms with van der Waals surface area (Å²) in [5.41, 5.74) is 7.52. The lowest BCUT2D eigenvalue weighted by Gasteiger charge is -2.16. The second-order valence-electron chi connectivity index (χ2n) is 4.48. The van der Waals surface area contributed by atoms with Crippen LogP contribution in [0.4, 0.5) is 5.13 Å². The second-order valence-corrected chi connectivity index (χ2v) is 6.71. The largest absolute Gasteiger partial charge is 0.374 e. The number of pyridine rings is 1. The van der Waals surface area contributed by atoms with Crippen molar-refractivity contribution in [2.75, 3.05) is 11.5 Å². The summed E-state index contributed by atoms with van der Waals surface area (Å²) in [6.45, 7) is 4.03. The third-order valence-corrected chi connectivity index (χ3v) is 4.67. The first-order valence-corrected chi connectivity index (χ1v) is 8.32. The summed E-state index contributed by atoms with van der Waals surface area (Å²) < 4.78 is 0.698. The van der Waals surface area contributed by atoms with E-state index in [4.69, 9.17) is 5.73 Å². The molecule has 3 N–H and O–H groups in total. The van der Waals surface area contributed by atoms with Gasteiger partial charge in [-0.1, -0.05) is 30.0 Å². The quantitative estimate of drug-likeness (QED) is 0.791. The molecule has 6 nitrogen and oxygen atoms in total. The van der Waals surface area contributed by atoms with Crippen molar-refractivity contribution < 1.29 is 4.79 Å². The van der Waals surface area contributed by atoms with Crippen molar-refractivity contribution in [2.24, 2.45) is 0 Å². The molecule has 0 aliphatic rings. The van der Waals surface area contributed by atoms with Gasteiger partial charge in [-0.2, -0.15) is 0 Å². The molecular weight excluding hydrogens is 306 g/mol. The zero-order valence-corrected chi connectivity index (χ0v) is 13.5. The molecule has 2 rings (SSSR count). The molecule has 2 heterocycles. The summed E-state index contributed by atoms with van der Waals surface area (Å²) in [5.74, 6) is 0.237. The Labute approximate surface area is 131 Å². The summed E-state index contributed by atoms with van der Waals surface area (Å²) in [7, 11) is 0. The first-order valence-electron chi connectivity index (χ1n) is 6.52. The summed E-state index contributed by atoms with van der Waals surface area (Å²) in [6, 6.07) is 3.86. The van der Waals surface area contributed by atoms with Gasteiger partial charge in [-0.25, -0.2) is 0 Å². The maximum Gasteiger partial charge on any atom is 0.230 e. The number of aromatic nitrogens is 3. The fourth-order valence-electron chi connectivity index (χ4n) is 1.78. The second kappa shape index (κ2) is 7.37. The number of nitrogens with one attached hydrogen (secondary N) is 1. The van der Waals surface area contributed by atoms with Crippen LogP contribution >= 0.6 is 23.1 Å². The van der Waals surface area contributed by atoms with Crippen molar-refractivity contribution in [3.63, 3.8) is 0 Å². The Hall–Kier alpha value is -1.67. The predicted octanol–water partition coefficient (Wildman–Crippen LogP) is 2.18. The Morgan fingerprint density at radius 2 is 2.33 bits per heavy atom. The molecular formula is C13H17N5OS2. The average Bonchev–Trinajstić information content (AvgIpc) is 2.88. The number of hydrogen-bond acceptors (Lipinski definition) is 7. The number of carbonyl (C=O) groups is 1. The molecule has 0 saturated carbocycles. The van der Waals surface area contributed by atoms with Crippen molar-refractivity contribution in [3.05, 3.63) is 29.6 Å². The zero-order valence-electron chi connectivity index (χ0n) is 11.9. The highest BCUT2D eigenvalue weighted by Crippen LogP contribution is 2.23. The van der Waals surface area contributed by atoms with Gasteiger partial charge >= 0.3 is 0 Å². The van der Waals surface area contributed by atoms with E-state index >= 15 is 0 Å². The summed E-state index contributed by atoms with van der Waals surface area (Å²) in [4.78, 5) is 16.3. The van der Waals surface area contributed by atoms with Crippen LogP contribution < -0.4 is 11.1 Å². The number of anilines is 1. The van der Waals surface area contributed by atoms with Crippen molar-refractivity contribution in [1.29, 1.82) is 0 Å². The Bertz CT molecular complexity index is 616. The molecule has 21 heavy (non-hydrogen) atoms. The van der Waals surface area contributed by atoms with Crippen LogP contribution in [0, 0.1) is 6.92 Å². The van der Waals surface area contributed by atoms with Gasteiger partial charge in [-0.3, -0.25) is 9.78 Å². The number of nitrogens with two attached hydrogens (primary N) is 1. The SMILES string of the molecule is CC[C@@H](NC(=O)CSc1nnc(N)s1)c1cc(C)ccn1. The molecule has 1 amide bonds. The van der Waals surface area contributed by atoms with Gasteiger partial charge in [0.2, 0.25) is 11.0 Å². The molecule has 0 aromatic carbocycles. The normalized spacial score (nSPS) is 12.1. The highest BCUT2D eigenvalue weighted by atomic mass is 32.2. The van der Waals surface area contributed by atoms with Crippen LogP contribution in [0.3, 0.4) is 0 Å². The fourth-order valence-corrected chi connectivity index (χ4v) is 3.22. The molecule has 0 radical (unpaired) electrons. The van der Waals surface area contributed by atoms with Gasteiger partial charge in [-0.15, -0.1) is 10.2 Å². The van der Waals surface area contributed by atoms with Crippen LogP contribution in [0.1, 0.15) is 30.6 Å². The number of thioether (sulfide) groups is 1. The molecule has 0 saturated heterocycles. The minimum atomic E-state index is -0.0718. The smallest absolute Gasteiger partial charge is 0.230 e. The summed E-state index contributed by atoms with van der Waals surface area (Å²) in [6.07, 6.45) is 2.55. The van der Waals surface area contributed by atoms with E-state index in [1.807, 2.05) is 26.0 Å². The van der Waals surface area contributed by atoms with Crippen LogP contribution in [0.15, 0.2) is 22.7 Å². The fraction of sp³-hybridized carbons (Fsp3) is 0.385. The van der Waals surface area contributed by atoms with Crippen molar-refractivity contribution >= 4 is 34.1 Å². The third kappa shape index (κ3) is 4.68. The van der Waals surface area contributed by atoms with Crippen molar-refractivity contribution in [1.82, 2.24) is 20.5 Å². The van der Waals surface area contributed by atoms with E-state index in [-0.39, 0.29) is 17.7 Å². The molecule has 112 valence electrons. The van der Waals surface area contributed by atoms with Crippen LogP contribution in [0.25, 0.3) is 0 Å². The molecule has 0 bridgehead atoms. The van der Waals surface area contributed by atoms with Crippen molar-refractivity contribution in [3.8, 4) is 0 Å². The molecule has 8 heteroatoms. The first kappa shape index (κ1) is 15.7. The maximum atomic E-state index is 12.0. The topological polar surface area (TPSA) is 93.8 Å². The number of hydrogen-bond donors (Lipinski definition) is 2. The molecule has 0 fully saturated rings. The molecule has 0 spiro atoms. The van der Waals surface area contributed by atoms with Gasteiger partial charge in [0.1, 0.15) is 0 Å². The Morgan fingerprint density at radius 1 is 1.52 bits per heavy atom. The van der Waals surface area contributed by atoms with E-state index < -0.39 is 0 Å². The standard InChI is InChI=1S/C13H17N5OS2/c1-3-9(10-6-8(2)4-5-15-10)16-11(19)7-20-13-18-17-12(14)21-13/h4-6,9H,3,7H2,1-2H3,(H2,14,17)(H,16,19)/t9-/m1/s1. The first-order chi connectivity index (χ1) is 10.1. The monoisotopic (exact) mass is 323 g/mol. The van der Waals surface area contributed by atoms with Gasteiger partial charge in [0, 0.05) is 6.20 Å². The zero-order chi connectivity index (χ0) is 15.2. The van der Waals surface area contributed by atoms with Gasteiger partial charge in [0.15, 0.2) is 4.34 Å². The number of carbonyl (C=O) groups excluding carboxylic acids is 1. The third-order valence-electron chi connectivity index (χ3n) is 2.79. The highest BCUT2D eigenvalue weighted by molar-refractivity contribution is 8.01. The van der Waals surface area contributed by atoms with Gasteiger partial charge < -0.3 is 11.1 Å². The van der Waals surface area contributed by atoms with Gasteiger partial charge in [0.05, 0.1) is 17.5 Å². The van der Waals surface area contributed by atoms with E-state index in [1.165, 1.54) is 23.1 Å². The van der Waals surface area contributed by atoms with Crippen LogP contribution in [-0.2, 0) is 4.79 Å². The maximum absolute atomic E-state index is 12.0. The van der Waals surface area contributed by atoms with Crippen LogP contribution in [0.5, 0.6) is 0 Å². The molecule has 0 aliphatic heterocycles. The van der Waals surface area contributed by atoms with E-state index in [9.17, 15) is 4.79 Å². The van der Waals surface area contributed by atoms with Gasteiger partial charge in [0.25, 0.3) is 0 Å². The minimum absolute atomic E-state index is 0.0519. The Balaban J connectivity index is 1.90. The molecule has 2 aromatic heterocycles. The average molecular weight is 323 g/mol. The van der Waals surface area contributed by atoms with E-state index in [1.54, 1.807) is 6.20 Å². The number of nitrogens with zero attached hydrogens (tertiary/aromatic N) is 3. The Morgan fingerprint density at radius 3 is 2.95 bits per heavy atom. The van der Waals surface area contributed by atoms with E-state index in [2.05, 4.69) is 20.5 Å². The molecule has 0 aliphatic carbocycles. The van der Waals surface area contributed by atoms with Crippen LogP contribution in [-0.4, -0.2) is 26.8 Å². The lowest BCUT2D eigenvalue weighted by molar-refractivity contribution is -0.119. The van der Waals surface area contributed by atoms with E-state index in [0.717, 1.165) is 17.7 Å². The van der Waals surface area contributed by atoms with Crippen LogP contribution in [0.2, 0.25) is 0 Å². The lowest BCUT2D eigenvalue weighted by Crippen LogP contribution is -2.30. The number of rotatable bonds is 6. The van der Waals surface area contributed by atoms with Crippen molar-refractivity contribution in [2.45, 2.75) is 30.6 Å². The number of nitrogen functional groups attached to an aromatic ring is 1. The number of aryl methyl sites for hydroxylation is 1. The minimum Gasteiger partial charge on any atom is -0.374 e. The summed E-state index contributed by atoms with van der Waals surface area (Å²) in [5, 5.41) is 11.0.